The van der Waals surface area contributed by atoms with Crippen LogP contribution in [0.15, 0.2) is 36.7 Å². The molecule has 84 valence electrons. The molecule has 2 heterocycles. The SMILES string of the molecule is O=C(Nc1ccc2cn[nH]c2c1)c1ccns1. The van der Waals surface area contributed by atoms with E-state index in [0.717, 1.165) is 16.6 Å². The molecule has 0 aliphatic rings. The van der Waals surface area contributed by atoms with Gasteiger partial charge in [0.2, 0.25) is 0 Å². The zero-order valence-electron chi connectivity index (χ0n) is 8.68. The minimum atomic E-state index is -0.147. The number of rotatable bonds is 2. The fourth-order valence-corrected chi connectivity index (χ4v) is 2.03. The standard InChI is InChI=1S/C11H8N4OS/c16-11(10-3-4-13-17-10)14-8-2-1-7-6-12-15-9(7)5-8/h1-6H,(H,12,15)(H,14,16). The van der Waals surface area contributed by atoms with Crippen LogP contribution in [0.2, 0.25) is 0 Å². The van der Waals surface area contributed by atoms with E-state index in [1.165, 1.54) is 11.5 Å². The van der Waals surface area contributed by atoms with Gasteiger partial charge >= 0.3 is 0 Å². The van der Waals surface area contributed by atoms with Crippen LogP contribution in [0.4, 0.5) is 5.69 Å². The Kier molecular flexibility index (Phi) is 2.34. The van der Waals surface area contributed by atoms with Gasteiger partial charge in [-0.2, -0.15) is 5.10 Å². The number of H-pyrrole nitrogens is 1. The van der Waals surface area contributed by atoms with Gasteiger partial charge in [0.05, 0.1) is 11.7 Å². The predicted octanol–water partition coefficient (Wildman–Crippen LogP) is 2.27. The van der Waals surface area contributed by atoms with Crippen molar-refractivity contribution >= 4 is 34.0 Å². The summed E-state index contributed by atoms with van der Waals surface area (Å²) in [5.74, 6) is -0.147. The van der Waals surface area contributed by atoms with Crippen molar-refractivity contribution < 1.29 is 4.79 Å². The van der Waals surface area contributed by atoms with E-state index in [4.69, 9.17) is 0 Å². The van der Waals surface area contributed by atoms with Crippen LogP contribution in [0.1, 0.15) is 9.67 Å². The summed E-state index contributed by atoms with van der Waals surface area (Å²) >= 11 is 1.17. The number of anilines is 1. The third-order valence-electron chi connectivity index (χ3n) is 2.36. The van der Waals surface area contributed by atoms with Gasteiger partial charge in [0.15, 0.2) is 0 Å². The highest BCUT2D eigenvalue weighted by Crippen LogP contribution is 2.17. The molecule has 3 rings (SSSR count). The number of amides is 1. The van der Waals surface area contributed by atoms with E-state index < -0.39 is 0 Å². The molecule has 2 aromatic heterocycles. The summed E-state index contributed by atoms with van der Waals surface area (Å²) in [4.78, 5) is 12.4. The maximum Gasteiger partial charge on any atom is 0.267 e. The fraction of sp³-hybridized carbons (Fsp3) is 0. The predicted molar refractivity (Wildman–Crippen MR) is 66.2 cm³/mol. The van der Waals surface area contributed by atoms with Gasteiger partial charge in [0.1, 0.15) is 4.88 Å². The van der Waals surface area contributed by atoms with Crippen LogP contribution in [0.5, 0.6) is 0 Å². The Hall–Kier alpha value is -2.21. The second-order valence-corrected chi connectivity index (χ2v) is 4.34. The largest absolute Gasteiger partial charge is 0.321 e. The molecular weight excluding hydrogens is 236 g/mol. The number of fused-ring (bicyclic) bond motifs is 1. The van der Waals surface area contributed by atoms with Gasteiger partial charge in [-0.1, -0.05) is 0 Å². The number of aromatic amines is 1. The monoisotopic (exact) mass is 244 g/mol. The second kappa shape index (κ2) is 3.99. The average molecular weight is 244 g/mol. The van der Waals surface area contributed by atoms with E-state index in [9.17, 15) is 4.79 Å². The van der Waals surface area contributed by atoms with E-state index in [1.807, 2.05) is 18.2 Å². The van der Waals surface area contributed by atoms with E-state index in [2.05, 4.69) is 19.9 Å². The molecule has 1 aromatic carbocycles. The first-order valence-corrected chi connectivity index (χ1v) is 5.75. The Morgan fingerprint density at radius 2 is 2.29 bits per heavy atom. The lowest BCUT2D eigenvalue weighted by atomic mass is 10.2. The summed E-state index contributed by atoms with van der Waals surface area (Å²) in [5, 5.41) is 10.6. The first kappa shape index (κ1) is 9.98. The zero-order chi connectivity index (χ0) is 11.7. The van der Waals surface area contributed by atoms with Crippen LogP contribution < -0.4 is 5.32 Å². The maximum atomic E-state index is 11.8. The van der Waals surface area contributed by atoms with Gasteiger partial charge in [-0.15, -0.1) is 0 Å². The van der Waals surface area contributed by atoms with Gasteiger partial charge in [0.25, 0.3) is 5.91 Å². The maximum absolute atomic E-state index is 11.8. The van der Waals surface area contributed by atoms with Crippen molar-refractivity contribution in [1.82, 2.24) is 14.6 Å². The number of carbonyl (C=O) groups is 1. The van der Waals surface area contributed by atoms with Crippen molar-refractivity contribution in [2.24, 2.45) is 0 Å². The first-order valence-electron chi connectivity index (χ1n) is 4.98. The van der Waals surface area contributed by atoms with Gasteiger partial charge in [-0.05, 0) is 35.8 Å². The van der Waals surface area contributed by atoms with Gasteiger partial charge in [-0.3, -0.25) is 9.89 Å². The van der Waals surface area contributed by atoms with Crippen LogP contribution in [0, 0.1) is 0 Å². The molecule has 0 saturated heterocycles. The molecule has 0 atom stereocenters. The fourth-order valence-electron chi connectivity index (χ4n) is 1.54. The van der Waals surface area contributed by atoms with Gasteiger partial charge < -0.3 is 5.32 Å². The topological polar surface area (TPSA) is 70.7 Å². The first-order chi connectivity index (χ1) is 8.33. The molecule has 0 saturated carbocycles. The number of nitrogens with one attached hydrogen (secondary N) is 2. The van der Waals surface area contributed by atoms with Crippen LogP contribution in [0.25, 0.3) is 10.9 Å². The molecule has 0 aliphatic carbocycles. The summed E-state index contributed by atoms with van der Waals surface area (Å²) in [5.41, 5.74) is 1.63. The van der Waals surface area contributed by atoms with E-state index in [0.29, 0.717) is 4.88 Å². The van der Waals surface area contributed by atoms with Crippen molar-refractivity contribution in [2.45, 2.75) is 0 Å². The molecule has 6 heteroatoms. The Morgan fingerprint density at radius 1 is 1.35 bits per heavy atom. The summed E-state index contributed by atoms with van der Waals surface area (Å²) in [6.45, 7) is 0. The summed E-state index contributed by atoms with van der Waals surface area (Å²) in [7, 11) is 0. The van der Waals surface area contributed by atoms with Gasteiger partial charge in [-0.25, -0.2) is 4.37 Å². The molecule has 3 aromatic rings. The van der Waals surface area contributed by atoms with Crippen LogP contribution in [0.3, 0.4) is 0 Å². The molecule has 0 spiro atoms. The van der Waals surface area contributed by atoms with Crippen molar-refractivity contribution in [3.05, 3.63) is 41.5 Å². The number of hydrogen-bond donors (Lipinski definition) is 2. The van der Waals surface area contributed by atoms with Crippen LogP contribution in [-0.4, -0.2) is 20.5 Å². The van der Waals surface area contributed by atoms with E-state index in [1.54, 1.807) is 18.5 Å². The Bertz CT molecular complexity index is 659. The average Bonchev–Trinajstić information content (AvgIpc) is 2.99. The number of nitrogens with zero attached hydrogens (tertiary/aromatic N) is 2. The molecule has 0 radical (unpaired) electrons. The van der Waals surface area contributed by atoms with E-state index >= 15 is 0 Å². The number of aromatic nitrogens is 3. The van der Waals surface area contributed by atoms with Crippen molar-refractivity contribution in [3.8, 4) is 0 Å². The minimum absolute atomic E-state index is 0.147. The van der Waals surface area contributed by atoms with Crippen molar-refractivity contribution in [3.63, 3.8) is 0 Å². The number of carbonyl (C=O) groups excluding carboxylic acids is 1. The molecule has 1 amide bonds. The highest BCUT2D eigenvalue weighted by Gasteiger charge is 2.08. The molecule has 17 heavy (non-hydrogen) atoms. The Labute approximate surface area is 101 Å². The Morgan fingerprint density at radius 3 is 3.12 bits per heavy atom. The minimum Gasteiger partial charge on any atom is -0.321 e. The van der Waals surface area contributed by atoms with Crippen LogP contribution in [-0.2, 0) is 0 Å². The third kappa shape index (κ3) is 1.90. The van der Waals surface area contributed by atoms with Gasteiger partial charge in [0, 0.05) is 17.3 Å². The molecule has 2 N–H and O–H groups in total. The highest BCUT2D eigenvalue weighted by atomic mass is 32.1. The summed E-state index contributed by atoms with van der Waals surface area (Å²) < 4.78 is 3.89. The molecule has 5 nitrogen and oxygen atoms in total. The third-order valence-corrected chi connectivity index (χ3v) is 3.11. The molecular formula is C11H8N4OS. The molecule has 0 unspecified atom stereocenters. The summed E-state index contributed by atoms with van der Waals surface area (Å²) in [6.07, 6.45) is 3.35. The molecule has 0 aliphatic heterocycles. The lowest BCUT2D eigenvalue weighted by Crippen LogP contribution is -2.09. The number of hydrogen-bond acceptors (Lipinski definition) is 4. The lowest BCUT2D eigenvalue weighted by molar-refractivity contribution is 0.103. The van der Waals surface area contributed by atoms with Crippen LogP contribution >= 0.6 is 11.5 Å². The summed E-state index contributed by atoms with van der Waals surface area (Å²) in [6, 6.07) is 7.29. The Balaban J connectivity index is 1.87. The lowest BCUT2D eigenvalue weighted by Gasteiger charge is -2.02. The number of benzene rings is 1. The smallest absolute Gasteiger partial charge is 0.267 e. The van der Waals surface area contributed by atoms with E-state index in [-0.39, 0.29) is 5.91 Å². The zero-order valence-corrected chi connectivity index (χ0v) is 9.49. The molecule has 0 fully saturated rings. The second-order valence-electron chi connectivity index (χ2n) is 3.50. The molecule has 0 bridgehead atoms. The highest BCUT2D eigenvalue weighted by molar-refractivity contribution is 7.08. The quantitative estimate of drug-likeness (QED) is 0.726. The van der Waals surface area contributed by atoms with Crippen molar-refractivity contribution in [2.75, 3.05) is 5.32 Å². The van der Waals surface area contributed by atoms with Crippen molar-refractivity contribution in [1.29, 1.82) is 0 Å². The normalized spacial score (nSPS) is 10.6.